The molecular weight excluding hydrogens is 293 g/mol. The fourth-order valence-corrected chi connectivity index (χ4v) is 3.89. The Labute approximate surface area is 133 Å². The molecule has 0 saturated carbocycles. The lowest BCUT2D eigenvalue weighted by atomic mass is 10.1. The molecule has 0 N–H and O–H groups in total. The minimum absolute atomic E-state index is 0.200. The highest BCUT2D eigenvalue weighted by molar-refractivity contribution is 7.99. The zero-order valence-corrected chi connectivity index (χ0v) is 12.9. The molecule has 3 heteroatoms. The highest BCUT2D eigenvalue weighted by Crippen LogP contribution is 2.51. The van der Waals surface area contributed by atoms with Crippen molar-refractivity contribution in [3.8, 4) is 0 Å². The van der Waals surface area contributed by atoms with Crippen LogP contribution in [0.15, 0.2) is 76.5 Å². The van der Waals surface area contributed by atoms with E-state index < -0.39 is 0 Å². The SMILES string of the molecule is Cc1cc(F)ccc1N1c2ccccc2Sc2ccccc21. The zero-order chi connectivity index (χ0) is 15.1. The van der Waals surface area contributed by atoms with Crippen molar-refractivity contribution in [3.63, 3.8) is 0 Å². The lowest BCUT2D eigenvalue weighted by molar-refractivity contribution is 0.626. The summed E-state index contributed by atoms with van der Waals surface area (Å²) in [6.07, 6.45) is 0. The summed E-state index contributed by atoms with van der Waals surface area (Å²) in [6, 6.07) is 21.6. The molecule has 1 aliphatic rings. The van der Waals surface area contributed by atoms with Crippen LogP contribution in [0.25, 0.3) is 0 Å². The number of aryl methyl sites for hydroxylation is 1. The second-order valence-corrected chi connectivity index (χ2v) is 6.39. The fraction of sp³-hybridized carbons (Fsp3) is 0.0526. The Hall–Kier alpha value is -2.26. The molecule has 108 valence electrons. The van der Waals surface area contributed by atoms with Crippen LogP contribution in [0.4, 0.5) is 21.5 Å². The van der Waals surface area contributed by atoms with E-state index in [0.29, 0.717) is 0 Å². The molecule has 0 unspecified atom stereocenters. The van der Waals surface area contributed by atoms with Crippen molar-refractivity contribution in [2.75, 3.05) is 4.90 Å². The number of anilines is 3. The third-order valence-electron chi connectivity index (χ3n) is 3.83. The van der Waals surface area contributed by atoms with Gasteiger partial charge in [0, 0.05) is 15.5 Å². The van der Waals surface area contributed by atoms with E-state index in [0.717, 1.165) is 22.6 Å². The summed E-state index contributed by atoms with van der Waals surface area (Å²) in [6.45, 7) is 1.95. The molecule has 0 amide bonds. The number of para-hydroxylation sites is 2. The monoisotopic (exact) mass is 307 g/mol. The van der Waals surface area contributed by atoms with E-state index in [1.165, 1.54) is 15.9 Å². The Bertz CT molecular complexity index is 814. The minimum atomic E-state index is -0.200. The van der Waals surface area contributed by atoms with Crippen molar-refractivity contribution in [1.29, 1.82) is 0 Å². The summed E-state index contributed by atoms with van der Waals surface area (Å²) in [5.74, 6) is -0.200. The number of halogens is 1. The molecule has 0 spiro atoms. The molecule has 22 heavy (non-hydrogen) atoms. The molecule has 1 heterocycles. The van der Waals surface area contributed by atoms with Crippen molar-refractivity contribution in [1.82, 2.24) is 0 Å². The number of hydrogen-bond acceptors (Lipinski definition) is 2. The van der Waals surface area contributed by atoms with Gasteiger partial charge < -0.3 is 4.90 Å². The van der Waals surface area contributed by atoms with E-state index in [9.17, 15) is 4.39 Å². The fourth-order valence-electron chi connectivity index (χ4n) is 2.83. The lowest BCUT2D eigenvalue weighted by Gasteiger charge is -2.33. The summed E-state index contributed by atoms with van der Waals surface area (Å²) in [5.41, 5.74) is 4.22. The largest absolute Gasteiger partial charge is 0.308 e. The second kappa shape index (κ2) is 5.18. The first kappa shape index (κ1) is 13.4. The van der Waals surface area contributed by atoms with Crippen LogP contribution in [-0.4, -0.2) is 0 Å². The minimum Gasteiger partial charge on any atom is -0.308 e. The molecule has 0 aromatic heterocycles. The van der Waals surface area contributed by atoms with Crippen molar-refractivity contribution < 1.29 is 4.39 Å². The normalized spacial score (nSPS) is 12.7. The van der Waals surface area contributed by atoms with Crippen LogP contribution in [0.5, 0.6) is 0 Å². The first-order valence-corrected chi connectivity index (χ1v) is 7.98. The molecule has 0 radical (unpaired) electrons. The molecule has 4 rings (SSSR count). The molecule has 1 aliphatic heterocycles. The average Bonchev–Trinajstić information content (AvgIpc) is 2.53. The van der Waals surface area contributed by atoms with Crippen LogP contribution in [0, 0.1) is 12.7 Å². The van der Waals surface area contributed by atoms with E-state index in [1.54, 1.807) is 17.8 Å². The molecule has 1 nitrogen and oxygen atoms in total. The molecule has 0 atom stereocenters. The van der Waals surface area contributed by atoms with E-state index in [-0.39, 0.29) is 5.82 Å². The van der Waals surface area contributed by atoms with Gasteiger partial charge in [-0.05, 0) is 55.0 Å². The smallest absolute Gasteiger partial charge is 0.123 e. The van der Waals surface area contributed by atoms with Crippen molar-refractivity contribution in [2.24, 2.45) is 0 Å². The highest BCUT2D eigenvalue weighted by atomic mass is 32.2. The molecule has 0 aliphatic carbocycles. The first-order chi connectivity index (χ1) is 10.7. The quantitative estimate of drug-likeness (QED) is 0.420. The Morgan fingerprint density at radius 3 is 1.95 bits per heavy atom. The molecule has 0 bridgehead atoms. The molecule has 3 aromatic rings. The second-order valence-electron chi connectivity index (χ2n) is 5.30. The number of rotatable bonds is 1. The number of benzene rings is 3. The van der Waals surface area contributed by atoms with Gasteiger partial charge in [-0.25, -0.2) is 4.39 Å². The topological polar surface area (TPSA) is 3.24 Å². The van der Waals surface area contributed by atoms with E-state index in [4.69, 9.17) is 0 Å². The van der Waals surface area contributed by atoms with Crippen molar-refractivity contribution >= 4 is 28.8 Å². The van der Waals surface area contributed by atoms with Crippen LogP contribution >= 0.6 is 11.8 Å². The molecule has 0 fully saturated rings. The third kappa shape index (κ3) is 2.09. The van der Waals surface area contributed by atoms with E-state index in [2.05, 4.69) is 41.3 Å². The maximum absolute atomic E-state index is 13.5. The predicted octanol–water partition coefficient (Wildman–Crippen LogP) is 6.07. The molecular formula is C19H14FNS. The van der Waals surface area contributed by atoms with E-state index >= 15 is 0 Å². The summed E-state index contributed by atoms with van der Waals surface area (Å²) in [5, 5.41) is 0. The Kier molecular flexibility index (Phi) is 3.16. The molecule has 3 aromatic carbocycles. The Morgan fingerprint density at radius 1 is 0.773 bits per heavy atom. The van der Waals surface area contributed by atoms with Gasteiger partial charge in [0.15, 0.2) is 0 Å². The maximum Gasteiger partial charge on any atom is 0.123 e. The third-order valence-corrected chi connectivity index (χ3v) is 4.96. The van der Waals surface area contributed by atoms with Crippen molar-refractivity contribution in [3.05, 3.63) is 78.1 Å². The standard InChI is InChI=1S/C19H14FNS/c1-13-12-14(20)10-11-15(13)21-16-6-2-4-8-18(16)22-19-9-5-3-7-17(19)21/h2-12H,1H3. The summed E-state index contributed by atoms with van der Waals surface area (Å²) >= 11 is 1.77. The van der Waals surface area contributed by atoms with Gasteiger partial charge in [-0.2, -0.15) is 0 Å². The lowest BCUT2D eigenvalue weighted by Crippen LogP contribution is -2.15. The van der Waals surface area contributed by atoms with Gasteiger partial charge in [-0.3, -0.25) is 0 Å². The van der Waals surface area contributed by atoms with Crippen LogP contribution in [0.3, 0.4) is 0 Å². The van der Waals surface area contributed by atoms with Gasteiger partial charge in [0.1, 0.15) is 5.82 Å². The van der Waals surface area contributed by atoms with Crippen LogP contribution in [0.1, 0.15) is 5.56 Å². The Balaban J connectivity index is 1.98. The van der Waals surface area contributed by atoms with E-state index in [1.807, 2.05) is 25.1 Å². The van der Waals surface area contributed by atoms with Gasteiger partial charge in [0.05, 0.1) is 11.4 Å². The highest BCUT2D eigenvalue weighted by Gasteiger charge is 2.25. The van der Waals surface area contributed by atoms with Crippen LogP contribution in [0.2, 0.25) is 0 Å². The van der Waals surface area contributed by atoms with Crippen LogP contribution < -0.4 is 4.90 Å². The van der Waals surface area contributed by atoms with Crippen LogP contribution in [-0.2, 0) is 0 Å². The van der Waals surface area contributed by atoms with Crippen molar-refractivity contribution in [2.45, 2.75) is 16.7 Å². The zero-order valence-electron chi connectivity index (χ0n) is 12.1. The van der Waals surface area contributed by atoms with Gasteiger partial charge >= 0.3 is 0 Å². The summed E-state index contributed by atoms with van der Waals surface area (Å²) < 4.78 is 13.5. The Morgan fingerprint density at radius 2 is 1.36 bits per heavy atom. The molecule has 0 saturated heterocycles. The van der Waals surface area contributed by atoms with Gasteiger partial charge in [-0.1, -0.05) is 36.0 Å². The number of nitrogens with zero attached hydrogens (tertiary/aromatic N) is 1. The van der Waals surface area contributed by atoms with Gasteiger partial charge in [0.2, 0.25) is 0 Å². The number of fused-ring (bicyclic) bond motifs is 2. The summed E-state index contributed by atoms with van der Waals surface area (Å²) in [4.78, 5) is 4.64. The van der Waals surface area contributed by atoms with Gasteiger partial charge in [0.25, 0.3) is 0 Å². The number of hydrogen-bond donors (Lipinski definition) is 0. The van der Waals surface area contributed by atoms with Gasteiger partial charge in [-0.15, -0.1) is 0 Å². The maximum atomic E-state index is 13.5. The summed E-state index contributed by atoms with van der Waals surface area (Å²) in [7, 11) is 0. The first-order valence-electron chi connectivity index (χ1n) is 7.16. The predicted molar refractivity (Wildman–Crippen MR) is 89.9 cm³/mol. The average molecular weight is 307 g/mol.